The lowest BCUT2D eigenvalue weighted by molar-refractivity contribution is -0.133. The van der Waals surface area contributed by atoms with E-state index in [1.807, 2.05) is 0 Å². The number of nitrogens with one attached hydrogen (secondary N) is 1. The van der Waals surface area contributed by atoms with E-state index in [9.17, 15) is 27.9 Å². The number of carbonyl (C=O) groups is 2. The highest BCUT2D eigenvalue weighted by molar-refractivity contribution is 6.05. The van der Waals surface area contributed by atoms with Crippen molar-refractivity contribution >= 4 is 29.1 Å². The number of urea groups is 1. The van der Waals surface area contributed by atoms with Gasteiger partial charge in [0.1, 0.15) is 30.0 Å². The fraction of sp³-hybridized carbons (Fsp3) is 0.478. The first kappa shape index (κ1) is 25.6. The number of aliphatic hydroxyl groups is 2. The van der Waals surface area contributed by atoms with Crippen LogP contribution in [0.2, 0.25) is 0 Å². The highest BCUT2D eigenvalue weighted by Crippen LogP contribution is 2.41. The standard InChI is InChI=1S/C23H26F3N5O5/c1-13-8-17(18(34)2-5-23(24,25)26)28-21-20(13)30-7-4-14(10-30)31(21)22(35)29-19-9-16(3-6-27-19)36-12-15(33)11-32/h3,6,8-9,14-15,32-33H,2,4-5,7,10-12H2,1H3,(H,27,29,35)/t14-,15+/m0/s1. The molecule has 4 rings (SSSR count). The van der Waals surface area contributed by atoms with Crippen LogP contribution in [0.3, 0.4) is 0 Å². The Kier molecular flexibility index (Phi) is 7.31. The van der Waals surface area contributed by atoms with Crippen LogP contribution in [-0.2, 0) is 0 Å². The van der Waals surface area contributed by atoms with Crippen molar-refractivity contribution in [2.75, 3.05) is 41.4 Å². The Bertz CT molecular complexity index is 1150. The molecule has 1 saturated heterocycles. The summed E-state index contributed by atoms with van der Waals surface area (Å²) in [5.41, 5.74) is 1.19. The fourth-order valence-electron chi connectivity index (χ4n) is 4.31. The molecule has 2 atom stereocenters. The number of nitrogens with zero attached hydrogens (tertiary/aromatic N) is 4. The van der Waals surface area contributed by atoms with E-state index >= 15 is 0 Å². The Hall–Kier alpha value is -3.45. The normalized spacial score (nSPS) is 17.6. The molecule has 2 bridgehead atoms. The Morgan fingerprint density at radius 2 is 2.11 bits per heavy atom. The molecule has 0 aromatic carbocycles. The van der Waals surface area contributed by atoms with E-state index in [1.54, 1.807) is 6.92 Å². The number of ketones is 1. The Morgan fingerprint density at radius 3 is 2.83 bits per heavy atom. The number of pyridine rings is 2. The Morgan fingerprint density at radius 1 is 1.33 bits per heavy atom. The zero-order valence-corrected chi connectivity index (χ0v) is 19.5. The maximum absolute atomic E-state index is 13.4. The number of fused-ring (bicyclic) bond motifs is 4. The summed E-state index contributed by atoms with van der Waals surface area (Å²) in [5.74, 6) is -0.0596. The minimum absolute atomic E-state index is 0.119. The monoisotopic (exact) mass is 509 g/mol. The van der Waals surface area contributed by atoms with Crippen molar-refractivity contribution in [2.24, 2.45) is 0 Å². The van der Waals surface area contributed by atoms with Gasteiger partial charge in [0.15, 0.2) is 11.6 Å². The number of alkyl halides is 3. The minimum atomic E-state index is -4.46. The molecule has 0 unspecified atom stereocenters. The van der Waals surface area contributed by atoms with Crippen LogP contribution in [0.25, 0.3) is 0 Å². The van der Waals surface area contributed by atoms with Gasteiger partial charge in [0.2, 0.25) is 0 Å². The third-order valence-electron chi connectivity index (χ3n) is 6.00. The largest absolute Gasteiger partial charge is 0.491 e. The molecule has 3 N–H and O–H groups in total. The molecule has 36 heavy (non-hydrogen) atoms. The Balaban J connectivity index is 1.58. The van der Waals surface area contributed by atoms with E-state index < -0.39 is 43.5 Å². The molecular formula is C23H26F3N5O5. The smallest absolute Gasteiger partial charge is 0.389 e. The SMILES string of the molecule is Cc1cc(C(=O)CCC(F)(F)F)nc2c1N1CC[C@@H](C1)N2C(=O)Nc1cc(OC[C@H](O)CO)ccn1. The summed E-state index contributed by atoms with van der Waals surface area (Å²) in [5, 5.41) is 21.1. The maximum Gasteiger partial charge on any atom is 0.389 e. The molecule has 2 aliphatic heterocycles. The van der Waals surface area contributed by atoms with Gasteiger partial charge in [-0.25, -0.2) is 14.8 Å². The number of aliphatic hydroxyl groups excluding tert-OH is 2. The zero-order valence-electron chi connectivity index (χ0n) is 19.5. The number of hydrogen-bond donors (Lipinski definition) is 3. The molecule has 194 valence electrons. The first-order chi connectivity index (χ1) is 17.1. The number of rotatable bonds is 8. The lowest BCUT2D eigenvalue weighted by Gasteiger charge is -2.36. The lowest BCUT2D eigenvalue weighted by atomic mass is 10.1. The van der Waals surface area contributed by atoms with Crippen LogP contribution in [0, 0.1) is 6.92 Å². The van der Waals surface area contributed by atoms with Gasteiger partial charge in [0.05, 0.1) is 24.8 Å². The van der Waals surface area contributed by atoms with Gasteiger partial charge >= 0.3 is 12.2 Å². The third kappa shape index (κ3) is 5.68. The van der Waals surface area contributed by atoms with E-state index in [2.05, 4.69) is 20.2 Å². The van der Waals surface area contributed by atoms with Crippen LogP contribution in [-0.4, -0.2) is 76.6 Å². The van der Waals surface area contributed by atoms with Crippen LogP contribution in [0.15, 0.2) is 24.4 Å². The van der Waals surface area contributed by atoms with Crippen molar-refractivity contribution < 1.29 is 37.7 Å². The molecule has 2 aromatic rings. The lowest BCUT2D eigenvalue weighted by Crippen LogP contribution is -2.48. The van der Waals surface area contributed by atoms with E-state index in [0.29, 0.717) is 36.5 Å². The molecule has 0 spiro atoms. The number of halogens is 3. The quantitative estimate of drug-likeness (QED) is 0.464. The number of aromatic nitrogens is 2. The second-order valence-electron chi connectivity index (χ2n) is 8.75. The van der Waals surface area contributed by atoms with Crippen LogP contribution >= 0.6 is 0 Å². The maximum atomic E-state index is 13.4. The topological polar surface area (TPSA) is 128 Å². The van der Waals surface area contributed by atoms with Crippen molar-refractivity contribution in [3.63, 3.8) is 0 Å². The summed E-state index contributed by atoms with van der Waals surface area (Å²) < 4.78 is 43.3. The number of Topliss-reactive ketones (excluding diaryl/α,β-unsaturated/α-hetero) is 1. The molecule has 0 saturated carbocycles. The third-order valence-corrected chi connectivity index (χ3v) is 6.00. The number of aryl methyl sites for hydroxylation is 1. The molecule has 1 fully saturated rings. The van der Waals surface area contributed by atoms with Crippen molar-refractivity contribution in [2.45, 2.75) is 44.5 Å². The number of carbonyl (C=O) groups excluding carboxylic acids is 2. The molecule has 4 heterocycles. The van der Waals surface area contributed by atoms with Crippen molar-refractivity contribution in [1.82, 2.24) is 9.97 Å². The van der Waals surface area contributed by atoms with Gasteiger partial charge in [-0.15, -0.1) is 0 Å². The summed E-state index contributed by atoms with van der Waals surface area (Å²) >= 11 is 0. The first-order valence-electron chi connectivity index (χ1n) is 11.4. The minimum Gasteiger partial charge on any atom is -0.491 e. The van der Waals surface area contributed by atoms with E-state index in [4.69, 9.17) is 9.84 Å². The summed E-state index contributed by atoms with van der Waals surface area (Å²) in [6.07, 6.45) is -5.45. The molecule has 10 nitrogen and oxygen atoms in total. The highest BCUT2D eigenvalue weighted by Gasteiger charge is 2.41. The van der Waals surface area contributed by atoms with Crippen molar-refractivity contribution in [3.05, 3.63) is 35.7 Å². The molecule has 0 aliphatic carbocycles. The summed E-state index contributed by atoms with van der Waals surface area (Å²) in [4.78, 5) is 37.8. The van der Waals surface area contributed by atoms with Gasteiger partial charge in [-0.05, 0) is 31.0 Å². The van der Waals surface area contributed by atoms with Crippen molar-refractivity contribution in [3.8, 4) is 5.75 Å². The summed E-state index contributed by atoms with van der Waals surface area (Å²) in [7, 11) is 0. The van der Waals surface area contributed by atoms with Crippen LogP contribution in [0.4, 0.5) is 35.3 Å². The zero-order chi connectivity index (χ0) is 26.0. The first-order valence-corrected chi connectivity index (χ1v) is 11.4. The van der Waals surface area contributed by atoms with Crippen LogP contribution < -0.4 is 19.9 Å². The van der Waals surface area contributed by atoms with Gasteiger partial charge in [-0.1, -0.05) is 0 Å². The van der Waals surface area contributed by atoms with Gasteiger partial charge in [0, 0.05) is 31.8 Å². The Labute approximate surface area is 204 Å². The van der Waals surface area contributed by atoms with Crippen LogP contribution in [0.1, 0.15) is 35.3 Å². The van der Waals surface area contributed by atoms with Gasteiger partial charge in [0.25, 0.3) is 0 Å². The molecule has 13 heteroatoms. The number of anilines is 3. The second kappa shape index (κ2) is 10.3. The van der Waals surface area contributed by atoms with E-state index in [1.165, 1.54) is 29.3 Å². The highest BCUT2D eigenvalue weighted by atomic mass is 19.4. The van der Waals surface area contributed by atoms with Gasteiger partial charge in [-0.2, -0.15) is 13.2 Å². The van der Waals surface area contributed by atoms with Gasteiger partial charge < -0.3 is 19.8 Å². The predicted octanol–water partition coefficient (Wildman–Crippen LogP) is 2.67. The number of hydrogen-bond acceptors (Lipinski definition) is 8. The van der Waals surface area contributed by atoms with Crippen LogP contribution in [0.5, 0.6) is 5.75 Å². The van der Waals surface area contributed by atoms with E-state index in [0.717, 1.165) is 0 Å². The number of ether oxygens (including phenoxy) is 1. The molecular weight excluding hydrogens is 483 g/mol. The number of amides is 2. The predicted molar refractivity (Wildman–Crippen MR) is 124 cm³/mol. The molecule has 2 amide bonds. The summed E-state index contributed by atoms with van der Waals surface area (Å²) in [6.45, 7) is 2.34. The van der Waals surface area contributed by atoms with Gasteiger partial charge in [-0.3, -0.25) is 15.0 Å². The molecule has 2 aromatic heterocycles. The molecule has 0 radical (unpaired) electrons. The average molecular weight is 509 g/mol. The van der Waals surface area contributed by atoms with Crippen molar-refractivity contribution in [1.29, 1.82) is 0 Å². The second-order valence-corrected chi connectivity index (χ2v) is 8.75. The average Bonchev–Trinajstić information content (AvgIpc) is 3.23. The molecule has 2 aliphatic rings. The fourth-order valence-corrected chi connectivity index (χ4v) is 4.31. The van der Waals surface area contributed by atoms with E-state index in [-0.39, 0.29) is 30.0 Å². The summed E-state index contributed by atoms with van der Waals surface area (Å²) in [6, 6.07) is 3.63.